The van der Waals surface area contributed by atoms with Crippen LogP contribution in [0, 0.1) is 0 Å². The zero-order valence-electron chi connectivity index (χ0n) is 80.9. The minimum absolute atomic E-state index is 0.501. The Balaban J connectivity index is 0.000000137. The number of fused-ring (bicyclic) bond motifs is 28. The molecule has 4 heterocycles. The Labute approximate surface area is 858 Å². The van der Waals surface area contributed by atoms with E-state index in [2.05, 4.69) is 577 Å². The third kappa shape index (κ3) is 12.9. The number of aromatic nitrogens is 2. The van der Waals surface area contributed by atoms with Gasteiger partial charge in [-0.3, -0.25) is 0 Å². The number of para-hydroxylation sites is 8. The van der Waals surface area contributed by atoms with Crippen LogP contribution in [0.15, 0.2) is 558 Å². The summed E-state index contributed by atoms with van der Waals surface area (Å²) in [7, 11) is 0. The SMILES string of the molecule is c1ccc(-c2ccc(-c3ccccc3N(c3ccc(-c4cccc5ccccc45)cc3)c3ccc4cc(-c5ccc6c(c5)C5(c7ccccc7-6)c6ccccc6-n6c7ccccc7c7cccc5c76)ccc4c3)cc2)cc1.c1ccc(-c2ccc(-c3ccccc3N(c3ccc4cc(-c5ccc6c(c5)C5(c7ccccc7-6)c6ccccc6-n6c7ccccc7c7cccc5c76)ccc4c3)c3cccc4ccccc34)cc2)cc1. The molecule has 688 valence electrons. The Hall–Kier alpha value is -19.3. The van der Waals surface area contributed by atoms with E-state index in [1.165, 1.54) is 232 Å². The van der Waals surface area contributed by atoms with Crippen molar-refractivity contribution in [2.75, 3.05) is 9.80 Å². The van der Waals surface area contributed by atoms with Crippen molar-refractivity contribution in [2.45, 2.75) is 10.8 Å². The Morgan fingerprint density at radius 2 is 0.446 bits per heavy atom. The molecule has 2 aliphatic carbocycles. The molecule has 0 saturated carbocycles. The van der Waals surface area contributed by atoms with E-state index in [4.69, 9.17) is 0 Å². The molecule has 0 amide bonds. The van der Waals surface area contributed by atoms with Gasteiger partial charge < -0.3 is 18.9 Å². The minimum Gasteiger partial charge on any atom is -0.310 e. The molecule has 0 bridgehead atoms. The summed E-state index contributed by atoms with van der Waals surface area (Å²) in [5, 5.41) is 14.8. The summed E-state index contributed by atoms with van der Waals surface area (Å²) in [6, 6.07) is 207. The van der Waals surface area contributed by atoms with Gasteiger partial charge in [-0.15, -0.1) is 0 Å². The molecule has 0 fully saturated rings. The lowest BCUT2D eigenvalue weighted by Crippen LogP contribution is -2.33. The second-order valence-corrected chi connectivity index (χ2v) is 39.9. The van der Waals surface area contributed by atoms with Gasteiger partial charge in [0.05, 0.1) is 61.3 Å². The highest BCUT2D eigenvalue weighted by Crippen LogP contribution is 2.65. The van der Waals surface area contributed by atoms with E-state index in [-0.39, 0.29) is 0 Å². The van der Waals surface area contributed by atoms with Gasteiger partial charge in [0.2, 0.25) is 0 Å². The molecule has 0 radical (unpaired) electrons. The number of anilines is 6. The summed E-state index contributed by atoms with van der Waals surface area (Å²) < 4.78 is 5.04. The molecule has 0 N–H and O–H groups in total. The summed E-state index contributed by atoms with van der Waals surface area (Å²) in [5.74, 6) is 0. The van der Waals surface area contributed by atoms with Crippen molar-refractivity contribution in [2.24, 2.45) is 0 Å². The Morgan fingerprint density at radius 1 is 0.142 bits per heavy atom. The molecule has 2 spiro atoms. The van der Waals surface area contributed by atoms with E-state index in [1.54, 1.807) is 0 Å². The van der Waals surface area contributed by atoms with E-state index in [0.29, 0.717) is 0 Å². The first-order valence-electron chi connectivity index (χ1n) is 51.4. The molecule has 2 atom stereocenters. The second kappa shape index (κ2) is 33.7. The van der Waals surface area contributed by atoms with Crippen LogP contribution in [0.5, 0.6) is 0 Å². The molecule has 2 aromatic heterocycles. The highest BCUT2D eigenvalue weighted by Gasteiger charge is 2.53. The van der Waals surface area contributed by atoms with Crippen LogP contribution >= 0.6 is 0 Å². The van der Waals surface area contributed by atoms with Gasteiger partial charge in [-0.2, -0.15) is 0 Å². The van der Waals surface area contributed by atoms with Crippen molar-refractivity contribution in [3.8, 4) is 112 Å². The van der Waals surface area contributed by atoms with Crippen LogP contribution in [-0.4, -0.2) is 9.13 Å². The molecular formula is C144H92N4. The first-order chi connectivity index (χ1) is 73.4. The third-order valence-corrected chi connectivity index (χ3v) is 32.3. The van der Waals surface area contributed by atoms with Crippen molar-refractivity contribution < 1.29 is 0 Å². The van der Waals surface area contributed by atoms with Crippen LogP contribution in [0.1, 0.15) is 44.5 Å². The summed E-state index contributed by atoms with van der Waals surface area (Å²) in [6.45, 7) is 0. The lowest BCUT2D eigenvalue weighted by atomic mass is 9.65. The van der Waals surface area contributed by atoms with Gasteiger partial charge in [-0.25, -0.2) is 0 Å². The van der Waals surface area contributed by atoms with Crippen molar-refractivity contribution in [1.82, 2.24) is 9.13 Å². The maximum Gasteiger partial charge on any atom is 0.0754 e. The average Bonchev–Trinajstić information content (AvgIpc) is 1.50. The van der Waals surface area contributed by atoms with Crippen molar-refractivity contribution in [1.29, 1.82) is 0 Å². The summed E-state index contributed by atoms with van der Waals surface area (Å²) in [5.41, 5.74) is 45.8. The summed E-state index contributed by atoms with van der Waals surface area (Å²) in [6.07, 6.45) is 0. The van der Waals surface area contributed by atoms with Gasteiger partial charge in [-0.05, 0) is 274 Å². The molecule has 31 rings (SSSR count). The predicted molar refractivity (Wildman–Crippen MR) is 621 cm³/mol. The van der Waals surface area contributed by atoms with Crippen molar-refractivity contribution in [3.05, 3.63) is 603 Å². The highest BCUT2D eigenvalue weighted by atomic mass is 15.2. The molecule has 4 nitrogen and oxygen atoms in total. The van der Waals surface area contributed by atoms with E-state index in [1.807, 2.05) is 0 Å². The number of nitrogens with zero attached hydrogens (tertiary/aromatic N) is 4. The fourth-order valence-electron chi connectivity index (χ4n) is 25.9. The van der Waals surface area contributed by atoms with Crippen LogP contribution < -0.4 is 9.80 Å². The van der Waals surface area contributed by atoms with E-state index >= 15 is 0 Å². The second-order valence-electron chi connectivity index (χ2n) is 39.9. The molecule has 4 aliphatic rings. The standard InChI is InChI=1S/C75H48N2.C69H44N2/c1-2-16-49(17-3-1)50-32-34-53(35-33-50)62-21-7-11-29-71(62)76(58-42-38-52(39-43-58)61-24-14-19-51-18-4-5-20-60(51)61)59-44-40-55-46-54(36-37-56(55)47-59)57-41-45-64-63-22-6-9-26-67(63)75(70(64)48-57)68-27-10-13-31-73(68)77-72-30-12-8-23-65(72)66-25-15-28-69(75)74(66)77;1-2-16-45(17-3-1)46-32-34-48(35-33-46)55-21-7-11-28-64(55)70(65-31-14-19-47-18-4-5-20-54(47)65)53-40-38-50-42-49(36-37-51(50)43-53)52-39-41-57-56-22-6-9-25-60(56)69(63(57)44-52)61-26-10-13-30-67(61)71-66-29-12-8-23-58(66)59-24-15-27-62(69)68(59)71/h1-48H;1-44H. The summed E-state index contributed by atoms with van der Waals surface area (Å²) >= 11 is 0. The quantitative estimate of drug-likeness (QED) is 0.114. The van der Waals surface area contributed by atoms with Gasteiger partial charge in [0, 0.05) is 55.1 Å². The monoisotopic (exact) mass is 1880 g/mol. The minimum atomic E-state index is -0.509. The third-order valence-electron chi connectivity index (χ3n) is 32.3. The molecule has 27 aromatic rings. The Bertz CT molecular complexity index is 10100. The van der Waals surface area contributed by atoms with E-state index in [0.717, 1.165) is 45.3 Å². The molecule has 2 unspecified atom stereocenters. The van der Waals surface area contributed by atoms with Gasteiger partial charge in [0.15, 0.2) is 0 Å². The van der Waals surface area contributed by atoms with Gasteiger partial charge in [0.25, 0.3) is 0 Å². The first kappa shape index (κ1) is 84.4. The smallest absolute Gasteiger partial charge is 0.0754 e. The fraction of sp³-hybridized carbons (Fsp3) is 0.0139. The molecular weight excluding hydrogens is 1790 g/mol. The Kier molecular flexibility index (Phi) is 19.2. The van der Waals surface area contributed by atoms with Crippen LogP contribution in [0.25, 0.3) is 198 Å². The van der Waals surface area contributed by atoms with Crippen molar-refractivity contribution >= 4 is 121 Å². The maximum absolute atomic E-state index is 2.52. The largest absolute Gasteiger partial charge is 0.310 e. The van der Waals surface area contributed by atoms with Crippen LogP contribution in [0.2, 0.25) is 0 Å². The lowest BCUT2D eigenvalue weighted by Gasteiger charge is -2.39. The zero-order chi connectivity index (χ0) is 97.2. The number of benzene rings is 25. The normalized spacial score (nSPS) is 14.1. The molecule has 2 aliphatic heterocycles. The topological polar surface area (TPSA) is 16.3 Å². The molecule has 148 heavy (non-hydrogen) atoms. The lowest BCUT2D eigenvalue weighted by molar-refractivity contribution is 0.749. The van der Waals surface area contributed by atoms with E-state index < -0.39 is 10.8 Å². The van der Waals surface area contributed by atoms with E-state index in [9.17, 15) is 0 Å². The van der Waals surface area contributed by atoms with Crippen LogP contribution in [0.3, 0.4) is 0 Å². The van der Waals surface area contributed by atoms with Crippen LogP contribution in [0.4, 0.5) is 34.1 Å². The number of rotatable bonds is 13. The number of hydrogen-bond donors (Lipinski definition) is 0. The van der Waals surface area contributed by atoms with Gasteiger partial charge in [0.1, 0.15) is 0 Å². The summed E-state index contributed by atoms with van der Waals surface area (Å²) in [4.78, 5) is 4.88. The average molecular weight is 1880 g/mol. The molecule has 4 heteroatoms. The van der Waals surface area contributed by atoms with Crippen molar-refractivity contribution in [3.63, 3.8) is 0 Å². The van der Waals surface area contributed by atoms with Gasteiger partial charge in [-0.1, -0.05) is 455 Å². The fourth-order valence-corrected chi connectivity index (χ4v) is 25.9. The van der Waals surface area contributed by atoms with Gasteiger partial charge >= 0.3 is 0 Å². The predicted octanol–water partition coefficient (Wildman–Crippen LogP) is 38.1. The maximum atomic E-state index is 2.52. The van der Waals surface area contributed by atoms with Crippen LogP contribution in [-0.2, 0) is 10.8 Å². The Morgan fingerprint density at radius 3 is 0.966 bits per heavy atom. The highest BCUT2D eigenvalue weighted by molar-refractivity contribution is 6.16. The molecule has 0 saturated heterocycles. The molecule has 25 aromatic carbocycles. The zero-order valence-corrected chi connectivity index (χ0v) is 80.9. The number of hydrogen-bond acceptors (Lipinski definition) is 2. The first-order valence-corrected chi connectivity index (χ1v) is 51.4.